The molecule has 6 heteroatoms. The summed E-state index contributed by atoms with van der Waals surface area (Å²) in [6.45, 7) is 6.12. The van der Waals surface area contributed by atoms with Crippen LogP contribution in [0.1, 0.15) is 36.8 Å². The second-order valence-electron chi connectivity index (χ2n) is 7.08. The molecular formula is C20H21N3O3. The molecule has 0 spiro atoms. The molecule has 26 heavy (non-hydrogen) atoms. The van der Waals surface area contributed by atoms with Crippen molar-refractivity contribution in [2.24, 2.45) is 0 Å². The minimum atomic E-state index is -0.599. The number of rotatable bonds is 3. The number of nitrogens with zero attached hydrogens (tertiary/aromatic N) is 2. The lowest BCUT2D eigenvalue weighted by Gasteiger charge is -2.20. The van der Waals surface area contributed by atoms with Gasteiger partial charge in [0, 0.05) is 0 Å². The molecule has 1 aromatic heterocycles. The van der Waals surface area contributed by atoms with Crippen LogP contribution in [0, 0.1) is 0 Å². The van der Waals surface area contributed by atoms with Gasteiger partial charge < -0.3 is 15.5 Å². The minimum Gasteiger partial charge on any atom is -0.506 e. The van der Waals surface area contributed by atoms with Crippen molar-refractivity contribution in [2.45, 2.75) is 26.2 Å². The van der Waals surface area contributed by atoms with Crippen LogP contribution in [-0.2, 0) is 5.41 Å². The number of benzene rings is 2. The minimum absolute atomic E-state index is 0.0478. The molecule has 0 radical (unpaired) electrons. The number of hydrogen-bond acceptors (Lipinski definition) is 4. The van der Waals surface area contributed by atoms with Crippen LogP contribution in [0.2, 0.25) is 0 Å². The Bertz CT molecular complexity index is 941. The summed E-state index contributed by atoms with van der Waals surface area (Å²) < 4.78 is 1.43. The molecule has 134 valence electrons. The van der Waals surface area contributed by atoms with Crippen molar-refractivity contribution in [3.05, 3.63) is 66.0 Å². The predicted molar refractivity (Wildman–Crippen MR) is 100.0 cm³/mol. The summed E-state index contributed by atoms with van der Waals surface area (Å²) in [5, 5.41) is 26.9. The van der Waals surface area contributed by atoms with Crippen LogP contribution in [0.5, 0.6) is 11.5 Å². The third kappa shape index (κ3) is 3.54. The first-order valence-electron chi connectivity index (χ1n) is 8.24. The number of nitrogens with one attached hydrogen (secondary N) is 1. The molecule has 0 saturated heterocycles. The van der Waals surface area contributed by atoms with Gasteiger partial charge in [0.2, 0.25) is 0 Å². The standard InChI is InChI=1S/C20H21N3O3/c1-20(2,3)13-9-10-16(24)15(11-13)21-19(26)18-17(25)12-23(22-18)14-7-5-4-6-8-14/h4-12,24-25H,1-3H3,(H,21,26). The quantitative estimate of drug-likeness (QED) is 0.626. The van der Waals surface area contributed by atoms with Crippen LogP contribution in [0.4, 0.5) is 5.69 Å². The fourth-order valence-electron chi connectivity index (χ4n) is 2.52. The first kappa shape index (κ1) is 17.5. The lowest BCUT2D eigenvalue weighted by Crippen LogP contribution is -2.15. The van der Waals surface area contributed by atoms with Crippen molar-refractivity contribution in [3.63, 3.8) is 0 Å². The Labute approximate surface area is 151 Å². The van der Waals surface area contributed by atoms with Crippen molar-refractivity contribution in [3.8, 4) is 17.2 Å². The van der Waals surface area contributed by atoms with Crippen LogP contribution in [0.25, 0.3) is 5.69 Å². The number of phenolic OH excluding ortho intramolecular Hbond substituents is 1. The van der Waals surface area contributed by atoms with E-state index in [2.05, 4.69) is 10.4 Å². The maximum Gasteiger partial charge on any atom is 0.280 e. The Morgan fingerprint density at radius 3 is 2.38 bits per heavy atom. The molecule has 0 atom stereocenters. The number of amides is 1. The highest BCUT2D eigenvalue weighted by atomic mass is 16.3. The smallest absolute Gasteiger partial charge is 0.280 e. The fourth-order valence-corrected chi connectivity index (χ4v) is 2.52. The second kappa shape index (κ2) is 6.55. The van der Waals surface area contributed by atoms with Gasteiger partial charge in [0.25, 0.3) is 5.91 Å². The van der Waals surface area contributed by atoms with Gasteiger partial charge in [-0.05, 0) is 35.2 Å². The van der Waals surface area contributed by atoms with E-state index in [1.165, 1.54) is 10.9 Å². The summed E-state index contributed by atoms with van der Waals surface area (Å²) in [6, 6.07) is 14.2. The van der Waals surface area contributed by atoms with Gasteiger partial charge >= 0.3 is 0 Å². The van der Waals surface area contributed by atoms with Crippen LogP contribution < -0.4 is 5.32 Å². The average Bonchev–Trinajstić information content (AvgIpc) is 2.98. The maximum absolute atomic E-state index is 12.5. The highest BCUT2D eigenvalue weighted by Crippen LogP contribution is 2.31. The summed E-state index contributed by atoms with van der Waals surface area (Å²) in [5.41, 5.74) is 1.71. The van der Waals surface area contributed by atoms with Crippen molar-refractivity contribution in [1.29, 1.82) is 0 Å². The molecule has 0 unspecified atom stereocenters. The highest BCUT2D eigenvalue weighted by Gasteiger charge is 2.20. The van der Waals surface area contributed by atoms with E-state index in [1.807, 2.05) is 57.2 Å². The van der Waals surface area contributed by atoms with Gasteiger partial charge in [-0.3, -0.25) is 4.79 Å². The molecule has 0 aliphatic heterocycles. The van der Waals surface area contributed by atoms with Gasteiger partial charge in [0.05, 0.1) is 17.6 Å². The molecule has 1 amide bonds. The summed E-state index contributed by atoms with van der Waals surface area (Å²) in [7, 11) is 0. The van der Waals surface area contributed by atoms with Crippen LogP contribution in [0.3, 0.4) is 0 Å². The summed E-state index contributed by atoms with van der Waals surface area (Å²) in [4.78, 5) is 12.5. The number of phenols is 1. The molecule has 6 nitrogen and oxygen atoms in total. The average molecular weight is 351 g/mol. The lowest BCUT2D eigenvalue weighted by molar-refractivity contribution is 0.101. The monoisotopic (exact) mass is 351 g/mol. The van der Waals surface area contributed by atoms with E-state index < -0.39 is 5.91 Å². The summed E-state index contributed by atoms with van der Waals surface area (Å²) in [5.74, 6) is -0.885. The van der Waals surface area contributed by atoms with Crippen LogP contribution in [0.15, 0.2) is 54.7 Å². The van der Waals surface area contributed by atoms with Gasteiger partial charge in [-0.2, -0.15) is 5.10 Å². The molecule has 0 aliphatic rings. The maximum atomic E-state index is 12.5. The third-order valence-electron chi connectivity index (χ3n) is 4.04. The molecule has 0 fully saturated rings. The van der Waals surface area contributed by atoms with Crippen molar-refractivity contribution in [2.75, 3.05) is 5.32 Å². The number of anilines is 1. The number of aromatic nitrogens is 2. The van der Waals surface area contributed by atoms with Gasteiger partial charge in [0.1, 0.15) is 5.75 Å². The number of para-hydroxylation sites is 1. The van der Waals surface area contributed by atoms with Gasteiger partial charge in [-0.1, -0.05) is 45.0 Å². The first-order chi connectivity index (χ1) is 12.3. The van der Waals surface area contributed by atoms with E-state index >= 15 is 0 Å². The Morgan fingerprint density at radius 1 is 1.04 bits per heavy atom. The molecular weight excluding hydrogens is 330 g/mol. The van der Waals surface area contributed by atoms with E-state index in [0.29, 0.717) is 0 Å². The zero-order valence-corrected chi connectivity index (χ0v) is 14.9. The van der Waals surface area contributed by atoms with Crippen molar-refractivity contribution < 1.29 is 15.0 Å². The molecule has 0 bridgehead atoms. The zero-order chi connectivity index (χ0) is 18.9. The van der Waals surface area contributed by atoms with E-state index in [0.717, 1.165) is 11.3 Å². The predicted octanol–water partition coefficient (Wildman–Crippen LogP) is 3.83. The van der Waals surface area contributed by atoms with Gasteiger partial charge in [-0.25, -0.2) is 4.68 Å². The largest absolute Gasteiger partial charge is 0.506 e. The fraction of sp³-hybridized carbons (Fsp3) is 0.200. The molecule has 0 aliphatic carbocycles. The van der Waals surface area contributed by atoms with E-state index in [4.69, 9.17) is 0 Å². The van der Waals surface area contributed by atoms with E-state index in [1.54, 1.807) is 12.1 Å². The molecule has 3 N–H and O–H groups in total. The highest BCUT2D eigenvalue weighted by molar-refractivity contribution is 6.05. The molecule has 0 saturated carbocycles. The van der Waals surface area contributed by atoms with Crippen LogP contribution in [-0.4, -0.2) is 25.9 Å². The number of hydrogen-bond donors (Lipinski definition) is 3. The van der Waals surface area contributed by atoms with Gasteiger partial charge in [0.15, 0.2) is 11.4 Å². The summed E-state index contributed by atoms with van der Waals surface area (Å²) in [6.07, 6.45) is 1.37. The molecule has 1 heterocycles. The molecule has 2 aromatic carbocycles. The van der Waals surface area contributed by atoms with Crippen LogP contribution >= 0.6 is 0 Å². The number of carbonyl (C=O) groups is 1. The van der Waals surface area contributed by atoms with E-state index in [-0.39, 0.29) is 28.3 Å². The van der Waals surface area contributed by atoms with Crippen molar-refractivity contribution >= 4 is 11.6 Å². The Hall–Kier alpha value is -3.28. The SMILES string of the molecule is CC(C)(C)c1ccc(O)c(NC(=O)c2nn(-c3ccccc3)cc2O)c1. The van der Waals surface area contributed by atoms with Gasteiger partial charge in [-0.15, -0.1) is 0 Å². The summed E-state index contributed by atoms with van der Waals surface area (Å²) >= 11 is 0. The van der Waals surface area contributed by atoms with E-state index in [9.17, 15) is 15.0 Å². The Balaban J connectivity index is 1.89. The Morgan fingerprint density at radius 2 is 1.73 bits per heavy atom. The number of aromatic hydroxyl groups is 2. The van der Waals surface area contributed by atoms with Crippen molar-refractivity contribution in [1.82, 2.24) is 9.78 Å². The second-order valence-corrected chi connectivity index (χ2v) is 7.08. The normalized spacial score (nSPS) is 11.3. The molecule has 3 aromatic rings. The number of carbonyl (C=O) groups excluding carboxylic acids is 1. The third-order valence-corrected chi connectivity index (χ3v) is 4.04. The topological polar surface area (TPSA) is 87.4 Å². The first-order valence-corrected chi connectivity index (χ1v) is 8.24. The zero-order valence-electron chi connectivity index (χ0n) is 14.9. The molecule has 3 rings (SSSR count). The Kier molecular flexibility index (Phi) is 4.42. The lowest BCUT2D eigenvalue weighted by atomic mass is 9.87.